The van der Waals surface area contributed by atoms with E-state index in [1.165, 1.54) is 11.9 Å². The van der Waals surface area contributed by atoms with E-state index in [1.54, 1.807) is 6.26 Å². The fraction of sp³-hybridized carbons (Fsp3) is 0.286. The van der Waals surface area contributed by atoms with Crippen LogP contribution in [0.5, 0.6) is 0 Å². The first-order valence-corrected chi connectivity index (χ1v) is 6.12. The molecule has 3 heterocycles. The minimum atomic E-state index is -0.187. The number of furan rings is 2. The Bertz CT molecular complexity index is 625. The van der Waals surface area contributed by atoms with Crippen molar-refractivity contribution >= 4 is 11.6 Å². The first-order chi connectivity index (χ1) is 9.15. The summed E-state index contributed by atoms with van der Waals surface area (Å²) < 4.78 is 11.0. The molecule has 0 fully saturated rings. The van der Waals surface area contributed by atoms with Crippen molar-refractivity contribution in [1.29, 1.82) is 0 Å². The lowest BCUT2D eigenvalue weighted by molar-refractivity contribution is -0.130. The average Bonchev–Trinajstić information content (AvgIpc) is 3.07. The largest absolute Gasteiger partial charge is 0.467 e. The molecule has 2 aromatic heterocycles. The second-order valence-corrected chi connectivity index (χ2v) is 4.56. The Morgan fingerprint density at radius 1 is 1.42 bits per heavy atom. The number of amides is 1. The maximum absolute atomic E-state index is 11.7. The lowest BCUT2D eigenvalue weighted by atomic mass is 10.1. The Morgan fingerprint density at radius 3 is 2.84 bits per heavy atom. The predicted octanol–water partition coefficient (Wildman–Crippen LogP) is 2.88. The molecular formula is C14H14N2O3. The molecule has 5 heteroatoms. The monoisotopic (exact) mass is 258 g/mol. The normalized spacial score (nSPS) is 18.7. The lowest BCUT2D eigenvalue weighted by Crippen LogP contribution is -2.23. The van der Waals surface area contributed by atoms with Crippen LogP contribution in [0.1, 0.15) is 36.7 Å². The van der Waals surface area contributed by atoms with Gasteiger partial charge in [0.25, 0.3) is 0 Å². The molecule has 2 aromatic rings. The topological polar surface area (TPSA) is 59.0 Å². The second kappa shape index (κ2) is 4.42. The van der Waals surface area contributed by atoms with Gasteiger partial charge < -0.3 is 8.83 Å². The van der Waals surface area contributed by atoms with Crippen molar-refractivity contribution < 1.29 is 13.6 Å². The molecule has 0 aliphatic carbocycles. The third kappa shape index (κ3) is 2.07. The molecule has 0 saturated heterocycles. The van der Waals surface area contributed by atoms with Gasteiger partial charge in [-0.2, -0.15) is 5.10 Å². The molecule has 1 atom stereocenters. The number of hydrogen-bond acceptors (Lipinski definition) is 4. The molecule has 1 aliphatic heterocycles. The lowest BCUT2D eigenvalue weighted by Gasteiger charge is -2.17. The Morgan fingerprint density at radius 2 is 2.26 bits per heavy atom. The van der Waals surface area contributed by atoms with Crippen molar-refractivity contribution in [3.8, 4) is 0 Å². The van der Waals surface area contributed by atoms with Gasteiger partial charge in [-0.3, -0.25) is 4.79 Å². The zero-order valence-corrected chi connectivity index (χ0v) is 10.8. The van der Waals surface area contributed by atoms with E-state index in [-0.39, 0.29) is 11.9 Å². The van der Waals surface area contributed by atoms with Crippen molar-refractivity contribution in [1.82, 2.24) is 5.01 Å². The summed E-state index contributed by atoms with van der Waals surface area (Å²) in [4.78, 5) is 11.7. The van der Waals surface area contributed by atoms with E-state index in [0.717, 1.165) is 17.2 Å². The van der Waals surface area contributed by atoms with Gasteiger partial charge in [0.1, 0.15) is 29.0 Å². The molecule has 0 aromatic carbocycles. The highest BCUT2D eigenvalue weighted by molar-refractivity contribution is 6.00. The van der Waals surface area contributed by atoms with Gasteiger partial charge in [-0.15, -0.1) is 0 Å². The minimum absolute atomic E-state index is 0.111. The van der Waals surface area contributed by atoms with Crippen LogP contribution in [0.3, 0.4) is 0 Å². The zero-order valence-electron chi connectivity index (χ0n) is 10.8. The molecular weight excluding hydrogens is 244 g/mol. The van der Waals surface area contributed by atoms with E-state index in [2.05, 4.69) is 5.10 Å². The molecule has 0 spiro atoms. The predicted molar refractivity (Wildman–Crippen MR) is 68.6 cm³/mol. The molecule has 19 heavy (non-hydrogen) atoms. The van der Waals surface area contributed by atoms with E-state index in [9.17, 15) is 4.79 Å². The summed E-state index contributed by atoms with van der Waals surface area (Å²) in [5, 5.41) is 5.81. The summed E-state index contributed by atoms with van der Waals surface area (Å²) >= 11 is 0. The van der Waals surface area contributed by atoms with E-state index in [1.807, 2.05) is 31.2 Å². The van der Waals surface area contributed by atoms with Crippen LogP contribution in [-0.4, -0.2) is 16.6 Å². The van der Waals surface area contributed by atoms with Crippen LogP contribution in [0.2, 0.25) is 0 Å². The highest BCUT2D eigenvalue weighted by Crippen LogP contribution is 2.33. The number of nitrogens with zero attached hydrogens (tertiary/aromatic N) is 2. The maximum Gasteiger partial charge on any atom is 0.240 e. The number of hydrazone groups is 1. The van der Waals surface area contributed by atoms with Crippen LogP contribution < -0.4 is 0 Å². The molecule has 5 nitrogen and oxygen atoms in total. The average molecular weight is 258 g/mol. The third-order valence-electron chi connectivity index (χ3n) is 3.13. The smallest absolute Gasteiger partial charge is 0.240 e. The zero-order chi connectivity index (χ0) is 13.4. The Balaban J connectivity index is 1.93. The molecule has 98 valence electrons. The van der Waals surface area contributed by atoms with Crippen LogP contribution in [0.15, 0.2) is 44.5 Å². The first kappa shape index (κ1) is 11.8. The quantitative estimate of drug-likeness (QED) is 0.832. The molecule has 0 saturated carbocycles. The van der Waals surface area contributed by atoms with E-state index >= 15 is 0 Å². The van der Waals surface area contributed by atoms with Crippen LogP contribution in [0.25, 0.3) is 0 Å². The van der Waals surface area contributed by atoms with Crippen LogP contribution in [0, 0.1) is 6.92 Å². The van der Waals surface area contributed by atoms with E-state index < -0.39 is 0 Å². The van der Waals surface area contributed by atoms with Crippen LogP contribution >= 0.6 is 0 Å². The van der Waals surface area contributed by atoms with Gasteiger partial charge in [0.15, 0.2) is 0 Å². The van der Waals surface area contributed by atoms with Gasteiger partial charge >= 0.3 is 0 Å². The summed E-state index contributed by atoms with van der Waals surface area (Å²) in [5.74, 6) is 2.16. The summed E-state index contributed by atoms with van der Waals surface area (Å²) in [6.45, 7) is 3.38. The molecule has 1 amide bonds. The summed E-state index contributed by atoms with van der Waals surface area (Å²) in [5.41, 5.74) is 0.768. The molecule has 1 unspecified atom stereocenters. The van der Waals surface area contributed by atoms with Gasteiger partial charge in [0, 0.05) is 13.3 Å². The van der Waals surface area contributed by atoms with Crippen molar-refractivity contribution in [3.05, 3.63) is 47.8 Å². The second-order valence-electron chi connectivity index (χ2n) is 4.56. The summed E-state index contributed by atoms with van der Waals surface area (Å²) in [7, 11) is 0. The highest BCUT2D eigenvalue weighted by atomic mass is 16.3. The fourth-order valence-corrected chi connectivity index (χ4v) is 2.24. The molecule has 3 rings (SSSR count). The van der Waals surface area contributed by atoms with Crippen molar-refractivity contribution in [2.45, 2.75) is 26.3 Å². The van der Waals surface area contributed by atoms with E-state index in [4.69, 9.17) is 8.83 Å². The Labute approximate surface area is 110 Å². The number of hydrogen-bond donors (Lipinski definition) is 0. The number of carbonyl (C=O) groups is 1. The highest BCUT2D eigenvalue weighted by Gasteiger charge is 2.34. The van der Waals surface area contributed by atoms with Crippen molar-refractivity contribution in [3.63, 3.8) is 0 Å². The van der Waals surface area contributed by atoms with Crippen molar-refractivity contribution in [2.75, 3.05) is 0 Å². The van der Waals surface area contributed by atoms with Crippen LogP contribution in [-0.2, 0) is 4.79 Å². The Hall–Kier alpha value is -2.30. The number of rotatable bonds is 2. The van der Waals surface area contributed by atoms with Crippen LogP contribution in [0.4, 0.5) is 0 Å². The standard InChI is InChI=1S/C14H14N2O3/c1-9-5-6-13(19-9)11-8-12(14-4-3-7-18-14)16(15-11)10(2)17/h3-7,12H,8H2,1-2H3. The van der Waals surface area contributed by atoms with Gasteiger partial charge in [-0.25, -0.2) is 5.01 Å². The number of carbonyl (C=O) groups excluding carboxylic acids is 1. The van der Waals surface area contributed by atoms with Gasteiger partial charge in [0.2, 0.25) is 5.91 Å². The van der Waals surface area contributed by atoms with Gasteiger partial charge in [0.05, 0.1) is 6.26 Å². The molecule has 0 bridgehead atoms. The molecule has 1 aliphatic rings. The summed E-state index contributed by atoms with van der Waals surface area (Å²) in [6.07, 6.45) is 2.20. The number of aryl methyl sites for hydroxylation is 1. The molecule has 0 N–H and O–H groups in total. The van der Waals surface area contributed by atoms with E-state index in [0.29, 0.717) is 12.2 Å². The first-order valence-electron chi connectivity index (χ1n) is 6.12. The SMILES string of the molecule is CC(=O)N1N=C(c2ccc(C)o2)CC1c1ccco1. The Kier molecular flexibility index (Phi) is 2.74. The summed E-state index contributed by atoms with van der Waals surface area (Å²) in [6, 6.07) is 7.23. The minimum Gasteiger partial charge on any atom is -0.467 e. The third-order valence-corrected chi connectivity index (χ3v) is 3.13. The van der Waals surface area contributed by atoms with Gasteiger partial charge in [-0.1, -0.05) is 0 Å². The molecule has 0 radical (unpaired) electrons. The van der Waals surface area contributed by atoms with Crippen molar-refractivity contribution in [2.24, 2.45) is 5.10 Å². The fourth-order valence-electron chi connectivity index (χ4n) is 2.24. The maximum atomic E-state index is 11.7. The van der Waals surface area contributed by atoms with Gasteiger partial charge in [-0.05, 0) is 31.2 Å².